The number of thiocarbonyl (C=S) groups is 1. The molecule has 1 aromatic rings. The van der Waals surface area contributed by atoms with Gasteiger partial charge in [0, 0.05) is 18.8 Å². The van der Waals surface area contributed by atoms with Crippen molar-refractivity contribution in [2.75, 3.05) is 18.0 Å². The molecule has 1 rings (SSSR count). The summed E-state index contributed by atoms with van der Waals surface area (Å²) >= 11 is 5.15. The fourth-order valence-corrected chi connectivity index (χ4v) is 2.16. The van der Waals surface area contributed by atoms with Crippen molar-refractivity contribution in [2.45, 2.75) is 46.5 Å². The van der Waals surface area contributed by atoms with Crippen molar-refractivity contribution in [3.8, 4) is 0 Å². The van der Waals surface area contributed by atoms with Gasteiger partial charge in [-0.2, -0.15) is 0 Å². The van der Waals surface area contributed by atoms with Gasteiger partial charge in [-0.3, -0.25) is 0 Å². The monoisotopic (exact) mass is 279 g/mol. The average Bonchev–Trinajstić information content (AvgIpc) is 2.38. The molecular weight excluding hydrogens is 254 g/mol. The van der Waals surface area contributed by atoms with Crippen molar-refractivity contribution in [2.24, 2.45) is 5.73 Å². The van der Waals surface area contributed by atoms with E-state index >= 15 is 0 Å². The maximum Gasteiger partial charge on any atom is 0.139 e. The predicted octanol–water partition coefficient (Wildman–Crippen LogP) is 3.43. The first kappa shape index (κ1) is 15.9. The van der Waals surface area contributed by atoms with Crippen LogP contribution in [0.2, 0.25) is 0 Å². The van der Waals surface area contributed by atoms with Crippen molar-refractivity contribution < 1.29 is 0 Å². The largest absolute Gasteiger partial charge is 0.389 e. The van der Waals surface area contributed by atoms with Crippen LogP contribution in [0.25, 0.3) is 0 Å². The standard InChI is InChI=1S/C15H25N3S/c1-4-6-10-18(11-7-5-2)15-13(14(16)19)9-8-12(3)17-15/h8-9H,4-7,10-11H2,1-3H3,(H2,16,19). The van der Waals surface area contributed by atoms with Crippen LogP contribution in [-0.4, -0.2) is 23.1 Å². The fourth-order valence-electron chi connectivity index (χ4n) is 2.00. The zero-order valence-electron chi connectivity index (χ0n) is 12.3. The number of hydrogen-bond acceptors (Lipinski definition) is 3. The molecule has 0 saturated heterocycles. The highest BCUT2D eigenvalue weighted by Gasteiger charge is 2.14. The molecule has 106 valence electrons. The first-order chi connectivity index (χ1) is 9.10. The van der Waals surface area contributed by atoms with Crippen LogP contribution >= 0.6 is 12.2 Å². The Morgan fingerprint density at radius 3 is 2.26 bits per heavy atom. The van der Waals surface area contributed by atoms with Crippen molar-refractivity contribution in [1.29, 1.82) is 0 Å². The predicted molar refractivity (Wildman–Crippen MR) is 86.9 cm³/mol. The van der Waals surface area contributed by atoms with E-state index in [1.807, 2.05) is 19.1 Å². The SMILES string of the molecule is CCCCN(CCCC)c1nc(C)ccc1C(N)=S. The third-order valence-electron chi connectivity index (χ3n) is 3.14. The first-order valence-corrected chi connectivity index (χ1v) is 7.53. The van der Waals surface area contributed by atoms with Crippen molar-refractivity contribution >= 4 is 23.0 Å². The van der Waals surface area contributed by atoms with E-state index in [2.05, 4.69) is 23.7 Å². The summed E-state index contributed by atoms with van der Waals surface area (Å²) in [6, 6.07) is 3.96. The first-order valence-electron chi connectivity index (χ1n) is 7.12. The average molecular weight is 279 g/mol. The summed E-state index contributed by atoms with van der Waals surface area (Å²) in [5.41, 5.74) is 7.73. The molecule has 0 aliphatic rings. The van der Waals surface area contributed by atoms with Gasteiger partial charge < -0.3 is 10.6 Å². The molecule has 4 heteroatoms. The second-order valence-corrected chi connectivity index (χ2v) is 5.32. The second-order valence-electron chi connectivity index (χ2n) is 4.88. The lowest BCUT2D eigenvalue weighted by atomic mass is 10.2. The molecule has 0 amide bonds. The smallest absolute Gasteiger partial charge is 0.139 e. The van der Waals surface area contributed by atoms with Gasteiger partial charge in [-0.05, 0) is 31.9 Å². The minimum absolute atomic E-state index is 0.431. The van der Waals surface area contributed by atoms with Crippen LogP contribution in [-0.2, 0) is 0 Å². The van der Waals surface area contributed by atoms with Crippen LogP contribution in [0.5, 0.6) is 0 Å². The summed E-state index contributed by atoms with van der Waals surface area (Å²) in [4.78, 5) is 7.42. The molecule has 0 aromatic carbocycles. The number of pyridine rings is 1. The van der Waals surface area contributed by atoms with Crippen LogP contribution in [0.3, 0.4) is 0 Å². The molecular formula is C15H25N3S. The number of rotatable bonds is 8. The van der Waals surface area contributed by atoms with E-state index in [1.54, 1.807) is 0 Å². The molecule has 0 fully saturated rings. The molecule has 2 N–H and O–H groups in total. The van der Waals surface area contributed by atoms with E-state index in [0.29, 0.717) is 4.99 Å². The van der Waals surface area contributed by atoms with Gasteiger partial charge in [-0.15, -0.1) is 0 Å². The Balaban J connectivity index is 3.03. The zero-order valence-corrected chi connectivity index (χ0v) is 13.1. The summed E-state index contributed by atoms with van der Waals surface area (Å²) in [7, 11) is 0. The van der Waals surface area contributed by atoms with E-state index in [1.165, 1.54) is 12.8 Å². The molecule has 3 nitrogen and oxygen atoms in total. The molecule has 0 unspecified atom stereocenters. The van der Waals surface area contributed by atoms with Crippen molar-refractivity contribution in [1.82, 2.24) is 4.98 Å². The summed E-state index contributed by atoms with van der Waals surface area (Å²) in [5, 5.41) is 0. The van der Waals surface area contributed by atoms with Crippen LogP contribution in [0.4, 0.5) is 5.82 Å². The molecule has 0 aliphatic heterocycles. The van der Waals surface area contributed by atoms with Gasteiger partial charge in [0.15, 0.2) is 0 Å². The molecule has 0 spiro atoms. The Bertz CT molecular complexity index is 410. The number of unbranched alkanes of at least 4 members (excludes halogenated alkanes) is 2. The normalized spacial score (nSPS) is 10.5. The van der Waals surface area contributed by atoms with Crippen LogP contribution in [0, 0.1) is 6.92 Å². The van der Waals surface area contributed by atoms with Gasteiger partial charge in [0.1, 0.15) is 10.8 Å². The molecule has 1 aromatic heterocycles. The minimum Gasteiger partial charge on any atom is -0.389 e. The molecule has 0 saturated carbocycles. The Morgan fingerprint density at radius 2 is 1.79 bits per heavy atom. The van der Waals surface area contributed by atoms with E-state index < -0.39 is 0 Å². The fraction of sp³-hybridized carbons (Fsp3) is 0.600. The highest BCUT2D eigenvalue weighted by atomic mass is 32.1. The van der Waals surface area contributed by atoms with Gasteiger partial charge in [-0.25, -0.2) is 4.98 Å². The molecule has 1 heterocycles. The van der Waals surface area contributed by atoms with Crippen molar-refractivity contribution in [3.63, 3.8) is 0 Å². The molecule has 0 bridgehead atoms. The number of hydrogen-bond donors (Lipinski definition) is 1. The van der Waals surface area contributed by atoms with Gasteiger partial charge >= 0.3 is 0 Å². The van der Waals surface area contributed by atoms with Gasteiger partial charge in [0.25, 0.3) is 0 Å². The lowest BCUT2D eigenvalue weighted by molar-refractivity contribution is 0.670. The van der Waals surface area contributed by atoms with E-state index in [0.717, 1.165) is 43.0 Å². The zero-order chi connectivity index (χ0) is 14.3. The third kappa shape index (κ3) is 4.78. The summed E-state index contributed by atoms with van der Waals surface area (Å²) < 4.78 is 0. The minimum atomic E-state index is 0.431. The third-order valence-corrected chi connectivity index (χ3v) is 3.36. The second kappa shape index (κ2) is 8.10. The quantitative estimate of drug-likeness (QED) is 0.740. The maximum atomic E-state index is 5.82. The van der Waals surface area contributed by atoms with E-state index in [9.17, 15) is 0 Å². The Morgan fingerprint density at radius 1 is 1.21 bits per heavy atom. The van der Waals surface area contributed by atoms with Crippen LogP contribution < -0.4 is 10.6 Å². The highest BCUT2D eigenvalue weighted by molar-refractivity contribution is 7.80. The summed E-state index contributed by atoms with van der Waals surface area (Å²) in [6.07, 6.45) is 4.68. The Labute approximate surface area is 122 Å². The molecule has 0 aliphatic carbocycles. The van der Waals surface area contributed by atoms with Crippen LogP contribution in [0.1, 0.15) is 50.8 Å². The highest BCUT2D eigenvalue weighted by Crippen LogP contribution is 2.20. The van der Waals surface area contributed by atoms with Gasteiger partial charge in [0.2, 0.25) is 0 Å². The summed E-state index contributed by atoms with van der Waals surface area (Å²) in [5.74, 6) is 0.953. The number of nitrogens with two attached hydrogens (primary N) is 1. The Hall–Kier alpha value is -1.16. The molecule has 19 heavy (non-hydrogen) atoms. The summed E-state index contributed by atoms with van der Waals surface area (Å²) in [6.45, 7) is 8.45. The molecule has 0 radical (unpaired) electrons. The number of aromatic nitrogens is 1. The lowest BCUT2D eigenvalue weighted by Crippen LogP contribution is -2.29. The van der Waals surface area contributed by atoms with Crippen molar-refractivity contribution in [3.05, 3.63) is 23.4 Å². The Kier molecular flexibility index (Phi) is 6.78. The topological polar surface area (TPSA) is 42.2 Å². The number of nitrogens with zero attached hydrogens (tertiary/aromatic N) is 2. The van der Waals surface area contributed by atoms with Gasteiger partial charge in [0.05, 0.1) is 5.56 Å². The molecule has 0 atom stereocenters. The number of anilines is 1. The lowest BCUT2D eigenvalue weighted by Gasteiger charge is -2.26. The van der Waals surface area contributed by atoms with Gasteiger partial charge in [-0.1, -0.05) is 38.9 Å². The maximum absolute atomic E-state index is 5.82. The number of aryl methyl sites for hydroxylation is 1. The van der Waals surface area contributed by atoms with E-state index in [-0.39, 0.29) is 0 Å². The van der Waals surface area contributed by atoms with Crippen LogP contribution in [0.15, 0.2) is 12.1 Å². The van der Waals surface area contributed by atoms with E-state index in [4.69, 9.17) is 18.0 Å².